The van der Waals surface area contributed by atoms with Gasteiger partial charge in [0.1, 0.15) is 0 Å². The molecule has 1 atom stereocenters. The van der Waals surface area contributed by atoms with Crippen molar-refractivity contribution >= 4 is 0 Å². The first-order valence-electron chi connectivity index (χ1n) is 7.12. The Kier molecular flexibility index (Phi) is 3.91. The first-order chi connectivity index (χ1) is 7.67. The van der Waals surface area contributed by atoms with Crippen LogP contribution in [0.1, 0.15) is 40.0 Å². The molecule has 2 aliphatic rings. The largest absolute Gasteiger partial charge is 0.303 e. The van der Waals surface area contributed by atoms with Gasteiger partial charge >= 0.3 is 0 Å². The van der Waals surface area contributed by atoms with Gasteiger partial charge in [-0.05, 0) is 43.8 Å². The second-order valence-corrected chi connectivity index (χ2v) is 6.12. The third kappa shape index (κ3) is 2.60. The Balaban J connectivity index is 1.71. The zero-order valence-corrected chi connectivity index (χ0v) is 11.3. The molecule has 0 amide bonds. The normalized spacial score (nSPS) is 27.9. The van der Waals surface area contributed by atoms with Crippen LogP contribution < -0.4 is 0 Å². The third-order valence-electron chi connectivity index (χ3n) is 4.75. The van der Waals surface area contributed by atoms with E-state index in [9.17, 15) is 0 Å². The molecular formula is C14H28N2. The van der Waals surface area contributed by atoms with Crippen LogP contribution in [0.5, 0.6) is 0 Å². The van der Waals surface area contributed by atoms with Crippen LogP contribution in [0.2, 0.25) is 0 Å². The zero-order chi connectivity index (χ0) is 11.6. The second-order valence-electron chi connectivity index (χ2n) is 6.12. The Morgan fingerprint density at radius 3 is 2.19 bits per heavy atom. The molecule has 0 bridgehead atoms. The first kappa shape index (κ1) is 12.4. The van der Waals surface area contributed by atoms with Crippen molar-refractivity contribution in [1.82, 2.24) is 9.80 Å². The van der Waals surface area contributed by atoms with Crippen molar-refractivity contribution < 1.29 is 0 Å². The van der Waals surface area contributed by atoms with E-state index < -0.39 is 0 Å². The van der Waals surface area contributed by atoms with E-state index in [-0.39, 0.29) is 0 Å². The van der Waals surface area contributed by atoms with Crippen LogP contribution in [-0.4, -0.2) is 49.1 Å². The number of hydrogen-bond acceptors (Lipinski definition) is 2. The van der Waals surface area contributed by atoms with Gasteiger partial charge in [-0.15, -0.1) is 0 Å². The van der Waals surface area contributed by atoms with E-state index in [0.717, 1.165) is 11.3 Å². The molecule has 0 N–H and O–H groups in total. The van der Waals surface area contributed by atoms with Crippen LogP contribution in [0.4, 0.5) is 0 Å². The Morgan fingerprint density at radius 1 is 1.06 bits per heavy atom. The van der Waals surface area contributed by atoms with Gasteiger partial charge in [-0.3, -0.25) is 0 Å². The van der Waals surface area contributed by atoms with Crippen LogP contribution >= 0.6 is 0 Å². The molecule has 94 valence electrons. The van der Waals surface area contributed by atoms with E-state index in [4.69, 9.17) is 0 Å². The quantitative estimate of drug-likeness (QED) is 0.724. The third-order valence-corrected chi connectivity index (χ3v) is 4.75. The van der Waals surface area contributed by atoms with Crippen molar-refractivity contribution in [2.75, 3.05) is 39.3 Å². The summed E-state index contributed by atoms with van der Waals surface area (Å²) < 4.78 is 0. The Labute approximate surface area is 101 Å². The summed E-state index contributed by atoms with van der Waals surface area (Å²) in [5.41, 5.74) is 0.724. The number of nitrogens with zero attached hydrogens (tertiary/aromatic N) is 2. The van der Waals surface area contributed by atoms with Crippen LogP contribution in [-0.2, 0) is 0 Å². The van der Waals surface area contributed by atoms with Gasteiger partial charge in [0.05, 0.1) is 0 Å². The van der Waals surface area contributed by atoms with Crippen molar-refractivity contribution in [2.45, 2.75) is 40.0 Å². The van der Waals surface area contributed by atoms with E-state index in [1.54, 1.807) is 0 Å². The summed E-state index contributed by atoms with van der Waals surface area (Å²) in [6.45, 7) is 15.0. The van der Waals surface area contributed by atoms with Crippen molar-refractivity contribution in [2.24, 2.45) is 11.3 Å². The summed E-state index contributed by atoms with van der Waals surface area (Å²) in [6, 6.07) is 0. The van der Waals surface area contributed by atoms with E-state index in [1.807, 2.05) is 0 Å². The Bertz CT molecular complexity index is 211. The van der Waals surface area contributed by atoms with Gasteiger partial charge in [0.15, 0.2) is 0 Å². The lowest BCUT2D eigenvalue weighted by atomic mass is 9.72. The minimum absolute atomic E-state index is 0.724. The highest BCUT2D eigenvalue weighted by Crippen LogP contribution is 2.40. The maximum Gasteiger partial charge on any atom is 0.00513 e. The smallest absolute Gasteiger partial charge is 0.00513 e. The van der Waals surface area contributed by atoms with Crippen LogP contribution in [0.15, 0.2) is 0 Å². The molecule has 2 rings (SSSR count). The van der Waals surface area contributed by atoms with E-state index in [1.165, 1.54) is 58.5 Å². The first-order valence-corrected chi connectivity index (χ1v) is 7.12. The fourth-order valence-electron chi connectivity index (χ4n) is 3.22. The number of rotatable bonds is 4. The molecule has 2 aliphatic heterocycles. The van der Waals surface area contributed by atoms with Crippen LogP contribution in [0.3, 0.4) is 0 Å². The monoisotopic (exact) mass is 224 g/mol. The maximum atomic E-state index is 2.69. The molecule has 1 unspecified atom stereocenters. The molecule has 0 aromatic heterocycles. The average molecular weight is 224 g/mol. The molecule has 1 spiro atoms. The van der Waals surface area contributed by atoms with Crippen molar-refractivity contribution in [3.05, 3.63) is 0 Å². The zero-order valence-electron chi connectivity index (χ0n) is 11.3. The van der Waals surface area contributed by atoms with Crippen molar-refractivity contribution in [1.29, 1.82) is 0 Å². The molecule has 2 fully saturated rings. The lowest BCUT2D eigenvalue weighted by Crippen LogP contribution is -2.60. The fraction of sp³-hybridized carbons (Fsp3) is 1.00. The SMILES string of the molecule is CCC(C)CN1CCC2(CC1)CN(CC)C2. The molecule has 2 heterocycles. The summed E-state index contributed by atoms with van der Waals surface area (Å²) in [7, 11) is 0. The Hall–Kier alpha value is -0.0800. The average Bonchev–Trinajstić information content (AvgIpc) is 2.27. The molecule has 0 aromatic rings. The van der Waals surface area contributed by atoms with Gasteiger partial charge in [0.25, 0.3) is 0 Å². The van der Waals surface area contributed by atoms with E-state index in [0.29, 0.717) is 0 Å². The summed E-state index contributed by atoms with van der Waals surface area (Å²) in [4.78, 5) is 5.28. The number of likely N-dealkylation sites (tertiary alicyclic amines) is 2. The Morgan fingerprint density at radius 2 is 1.69 bits per heavy atom. The van der Waals surface area contributed by atoms with Crippen LogP contribution in [0.25, 0.3) is 0 Å². The van der Waals surface area contributed by atoms with Crippen molar-refractivity contribution in [3.8, 4) is 0 Å². The van der Waals surface area contributed by atoms with Gasteiger partial charge in [0.2, 0.25) is 0 Å². The molecular weight excluding hydrogens is 196 g/mol. The molecule has 2 nitrogen and oxygen atoms in total. The topological polar surface area (TPSA) is 6.48 Å². The van der Waals surface area contributed by atoms with Gasteiger partial charge in [-0.1, -0.05) is 27.2 Å². The molecule has 0 aliphatic carbocycles. The predicted molar refractivity (Wildman–Crippen MR) is 69.7 cm³/mol. The summed E-state index contributed by atoms with van der Waals surface area (Å²) in [5, 5.41) is 0. The van der Waals surface area contributed by atoms with Crippen molar-refractivity contribution in [3.63, 3.8) is 0 Å². The highest BCUT2D eigenvalue weighted by Gasteiger charge is 2.43. The fourth-order valence-corrected chi connectivity index (χ4v) is 3.22. The lowest BCUT2D eigenvalue weighted by molar-refractivity contribution is -0.0452. The molecule has 0 radical (unpaired) electrons. The highest BCUT2D eigenvalue weighted by atomic mass is 15.2. The van der Waals surface area contributed by atoms with E-state index >= 15 is 0 Å². The minimum Gasteiger partial charge on any atom is -0.303 e. The van der Waals surface area contributed by atoms with Gasteiger partial charge in [0, 0.05) is 19.6 Å². The van der Waals surface area contributed by atoms with Gasteiger partial charge < -0.3 is 9.80 Å². The summed E-state index contributed by atoms with van der Waals surface area (Å²) in [5.74, 6) is 0.877. The van der Waals surface area contributed by atoms with Gasteiger partial charge in [-0.2, -0.15) is 0 Å². The van der Waals surface area contributed by atoms with E-state index in [2.05, 4.69) is 30.6 Å². The molecule has 2 heteroatoms. The molecule has 0 saturated carbocycles. The number of piperidine rings is 1. The standard InChI is InChI=1S/C14H28N2/c1-4-13(3)10-16-8-6-14(7-9-16)11-15(5-2)12-14/h13H,4-12H2,1-3H3. The summed E-state index contributed by atoms with van der Waals surface area (Å²) >= 11 is 0. The highest BCUT2D eigenvalue weighted by molar-refractivity contribution is 4.97. The molecule has 16 heavy (non-hydrogen) atoms. The van der Waals surface area contributed by atoms with Gasteiger partial charge in [-0.25, -0.2) is 0 Å². The lowest BCUT2D eigenvalue weighted by Gasteiger charge is -2.54. The number of hydrogen-bond donors (Lipinski definition) is 0. The molecule has 2 saturated heterocycles. The second kappa shape index (κ2) is 5.05. The summed E-state index contributed by atoms with van der Waals surface area (Å²) in [6.07, 6.45) is 4.21. The molecule has 0 aromatic carbocycles. The predicted octanol–water partition coefficient (Wildman–Crippen LogP) is 2.45. The minimum atomic E-state index is 0.724. The van der Waals surface area contributed by atoms with Crippen LogP contribution in [0, 0.1) is 11.3 Å². The maximum absolute atomic E-state index is 2.69.